The van der Waals surface area contributed by atoms with Gasteiger partial charge < -0.3 is 29.4 Å². The van der Waals surface area contributed by atoms with Crippen LogP contribution in [0.5, 0.6) is 0 Å². The molecule has 1 saturated heterocycles. The SMILES string of the molecule is Cc1c(C(F)(F)F)cn(C)c(=O)c1-c1ccc(C[C@H](NC(=O)c2c(F)cc(N3CCOC[C@@H]3C(F)(F)F)cc2F)C(=O)O)c2c1COC2. The number of nitrogens with one attached hydrogen (secondary N) is 1. The highest BCUT2D eigenvalue weighted by Gasteiger charge is 2.46. The lowest BCUT2D eigenvalue weighted by Crippen LogP contribution is -2.53. The molecule has 2 aliphatic rings. The summed E-state index contributed by atoms with van der Waals surface area (Å²) in [7, 11) is 1.17. The molecule has 9 nitrogen and oxygen atoms in total. The number of nitrogens with zero attached hydrogens (tertiary/aromatic N) is 2. The van der Waals surface area contributed by atoms with Gasteiger partial charge in [0.2, 0.25) is 0 Å². The van der Waals surface area contributed by atoms with Crippen LogP contribution in [-0.4, -0.2) is 59.6 Å². The molecule has 5 rings (SSSR count). The molecule has 0 bridgehead atoms. The van der Waals surface area contributed by atoms with Crippen LogP contribution in [0.1, 0.15) is 38.2 Å². The normalized spacial score (nSPS) is 17.3. The van der Waals surface area contributed by atoms with E-state index in [2.05, 4.69) is 0 Å². The summed E-state index contributed by atoms with van der Waals surface area (Å²) >= 11 is 0. The largest absolute Gasteiger partial charge is 0.480 e. The number of pyridine rings is 1. The van der Waals surface area contributed by atoms with Gasteiger partial charge in [0.15, 0.2) is 0 Å². The number of carboxylic acids is 1. The number of hydrogen-bond donors (Lipinski definition) is 2. The van der Waals surface area contributed by atoms with Crippen LogP contribution in [0.25, 0.3) is 11.1 Å². The number of alkyl halides is 6. The summed E-state index contributed by atoms with van der Waals surface area (Å²) < 4.78 is 123. The number of ether oxygens (including phenoxy) is 2. The van der Waals surface area contributed by atoms with Gasteiger partial charge in [-0.3, -0.25) is 9.59 Å². The molecule has 17 heteroatoms. The number of hydrogen-bond acceptors (Lipinski definition) is 6. The molecule has 48 heavy (non-hydrogen) atoms. The number of aliphatic carboxylic acids is 1. The van der Waals surface area contributed by atoms with Crippen molar-refractivity contribution in [2.24, 2.45) is 7.05 Å². The van der Waals surface area contributed by atoms with Gasteiger partial charge in [0, 0.05) is 31.9 Å². The van der Waals surface area contributed by atoms with Crippen LogP contribution >= 0.6 is 0 Å². The molecular weight excluding hydrogens is 662 g/mol. The molecule has 0 saturated carbocycles. The average molecular weight is 690 g/mol. The smallest absolute Gasteiger partial charge is 0.418 e. The molecule has 1 fully saturated rings. The fourth-order valence-electron chi connectivity index (χ4n) is 5.97. The van der Waals surface area contributed by atoms with Crippen molar-refractivity contribution in [3.8, 4) is 11.1 Å². The quantitative estimate of drug-likeness (QED) is 0.341. The highest BCUT2D eigenvalue weighted by molar-refractivity contribution is 5.97. The molecule has 0 unspecified atom stereocenters. The van der Waals surface area contributed by atoms with Crippen molar-refractivity contribution in [1.82, 2.24) is 9.88 Å². The molecule has 0 radical (unpaired) electrons. The van der Waals surface area contributed by atoms with Crippen LogP contribution in [0.3, 0.4) is 0 Å². The Morgan fingerprint density at radius 1 is 1.04 bits per heavy atom. The highest BCUT2D eigenvalue weighted by atomic mass is 19.4. The van der Waals surface area contributed by atoms with Gasteiger partial charge in [-0.1, -0.05) is 12.1 Å². The third-order valence-electron chi connectivity index (χ3n) is 8.35. The van der Waals surface area contributed by atoms with Crippen LogP contribution < -0.4 is 15.8 Å². The van der Waals surface area contributed by atoms with Crippen molar-refractivity contribution in [2.45, 2.75) is 51.0 Å². The van der Waals surface area contributed by atoms with Gasteiger partial charge in [-0.2, -0.15) is 26.3 Å². The van der Waals surface area contributed by atoms with Gasteiger partial charge in [-0.25, -0.2) is 13.6 Å². The fraction of sp³-hybridized carbons (Fsp3) is 0.387. The lowest BCUT2D eigenvalue weighted by molar-refractivity contribution is -0.167. The standard InChI is InChI=1S/C31H27F8N3O6/c1-14-20(30(34,35)36)10-41(2)28(44)25(14)17-4-3-15(18-11-48-12-19(17)18)7-23(29(45)46)40-27(43)26-21(32)8-16(9-22(26)33)42-5-6-47-13-24(42)31(37,38)39/h3-4,8-10,23-24H,5-7,11-13H2,1-2H3,(H,40,43)(H,45,46)/t23-,24+/m0/s1. The monoisotopic (exact) mass is 689 g/mol. The number of carbonyl (C=O) groups is 2. The zero-order valence-corrected chi connectivity index (χ0v) is 25.2. The fourth-order valence-corrected chi connectivity index (χ4v) is 5.97. The molecule has 0 spiro atoms. The Bertz CT molecular complexity index is 1820. The lowest BCUT2D eigenvalue weighted by Gasteiger charge is -2.38. The van der Waals surface area contributed by atoms with E-state index in [1.54, 1.807) is 0 Å². The minimum Gasteiger partial charge on any atom is -0.480 e. The zero-order chi connectivity index (χ0) is 35.3. The number of morpholine rings is 1. The Kier molecular flexibility index (Phi) is 9.31. The predicted octanol–water partition coefficient (Wildman–Crippen LogP) is 4.88. The van der Waals surface area contributed by atoms with Gasteiger partial charge in [0.25, 0.3) is 11.5 Å². The molecule has 2 aliphatic heterocycles. The number of benzene rings is 2. The highest BCUT2D eigenvalue weighted by Crippen LogP contribution is 2.39. The third-order valence-corrected chi connectivity index (χ3v) is 8.35. The lowest BCUT2D eigenvalue weighted by atomic mass is 9.89. The van der Waals surface area contributed by atoms with Gasteiger partial charge in [-0.05, 0) is 46.9 Å². The number of amides is 1. The minimum atomic E-state index is -4.79. The molecule has 0 aliphatic carbocycles. The molecule has 2 aromatic carbocycles. The Morgan fingerprint density at radius 3 is 2.29 bits per heavy atom. The van der Waals surface area contributed by atoms with Crippen LogP contribution in [0.2, 0.25) is 0 Å². The molecule has 3 aromatic rings. The summed E-state index contributed by atoms with van der Waals surface area (Å²) in [5.41, 5.74) is -2.90. The number of aromatic nitrogens is 1. The van der Waals surface area contributed by atoms with E-state index < -0.39 is 83.3 Å². The first-order valence-electron chi connectivity index (χ1n) is 14.3. The summed E-state index contributed by atoms with van der Waals surface area (Å²) in [6, 6.07) is -0.200. The van der Waals surface area contributed by atoms with E-state index >= 15 is 8.78 Å². The van der Waals surface area contributed by atoms with Crippen molar-refractivity contribution in [3.05, 3.63) is 85.8 Å². The average Bonchev–Trinajstić information content (AvgIpc) is 3.49. The first-order valence-corrected chi connectivity index (χ1v) is 14.3. The van der Waals surface area contributed by atoms with Crippen LogP contribution in [0.4, 0.5) is 40.8 Å². The summed E-state index contributed by atoms with van der Waals surface area (Å²) in [6.07, 6.45) is -9.32. The maximum Gasteiger partial charge on any atom is 0.418 e. The van der Waals surface area contributed by atoms with E-state index in [9.17, 15) is 45.8 Å². The Hall–Kier alpha value is -4.51. The number of carbonyl (C=O) groups excluding carboxylic acids is 1. The van der Waals surface area contributed by atoms with E-state index in [0.717, 1.165) is 11.5 Å². The van der Waals surface area contributed by atoms with Crippen molar-refractivity contribution < 1.29 is 59.3 Å². The zero-order valence-electron chi connectivity index (χ0n) is 25.2. The first kappa shape index (κ1) is 34.8. The number of aryl methyl sites for hydroxylation is 1. The van der Waals surface area contributed by atoms with Crippen molar-refractivity contribution in [1.29, 1.82) is 0 Å². The van der Waals surface area contributed by atoms with E-state index in [-0.39, 0.29) is 48.6 Å². The Morgan fingerprint density at radius 2 is 1.69 bits per heavy atom. The molecule has 2 N–H and O–H groups in total. The molecule has 1 aromatic heterocycles. The number of fused-ring (bicyclic) bond motifs is 1. The maximum atomic E-state index is 15.1. The van der Waals surface area contributed by atoms with Gasteiger partial charge in [0.1, 0.15) is 29.3 Å². The summed E-state index contributed by atoms with van der Waals surface area (Å²) in [4.78, 5) is 38.9. The molecule has 2 atom stereocenters. The minimum absolute atomic E-state index is 0.109. The van der Waals surface area contributed by atoms with Gasteiger partial charge in [0.05, 0.1) is 37.6 Å². The molecule has 1 amide bonds. The third kappa shape index (κ3) is 6.60. The van der Waals surface area contributed by atoms with Crippen molar-refractivity contribution in [2.75, 3.05) is 24.7 Å². The number of anilines is 1. The second-order valence-corrected chi connectivity index (χ2v) is 11.4. The number of carboxylic acid groups (broad SMARTS) is 1. The van der Waals surface area contributed by atoms with Gasteiger partial charge >= 0.3 is 18.3 Å². The summed E-state index contributed by atoms with van der Waals surface area (Å²) in [5.74, 6) is -6.17. The number of rotatable bonds is 7. The Balaban J connectivity index is 1.44. The molecular formula is C31H27F8N3O6. The van der Waals surface area contributed by atoms with E-state index in [1.807, 2.05) is 5.32 Å². The first-order chi connectivity index (χ1) is 22.4. The van der Waals surface area contributed by atoms with Crippen molar-refractivity contribution in [3.63, 3.8) is 0 Å². The second-order valence-electron chi connectivity index (χ2n) is 11.4. The summed E-state index contributed by atoms with van der Waals surface area (Å²) in [6.45, 7) is -0.340. The van der Waals surface area contributed by atoms with Gasteiger partial charge in [-0.15, -0.1) is 0 Å². The number of halogens is 8. The maximum absolute atomic E-state index is 15.1. The summed E-state index contributed by atoms with van der Waals surface area (Å²) in [5, 5.41) is 11.9. The predicted molar refractivity (Wildman–Crippen MR) is 152 cm³/mol. The van der Waals surface area contributed by atoms with Crippen LogP contribution in [0.15, 0.2) is 35.3 Å². The van der Waals surface area contributed by atoms with E-state index in [4.69, 9.17) is 9.47 Å². The molecule has 258 valence electrons. The second kappa shape index (κ2) is 12.8. The topological polar surface area (TPSA) is 110 Å². The van der Waals surface area contributed by atoms with Crippen molar-refractivity contribution >= 4 is 17.6 Å². The Labute approximate surface area is 266 Å². The van der Waals surface area contributed by atoms with E-state index in [1.165, 1.54) is 19.2 Å². The van der Waals surface area contributed by atoms with E-state index in [0.29, 0.717) is 34.4 Å². The van der Waals surface area contributed by atoms with Crippen LogP contribution in [0, 0.1) is 18.6 Å². The molecule has 3 heterocycles. The van der Waals surface area contributed by atoms with Crippen LogP contribution in [-0.2, 0) is 47.1 Å².